The van der Waals surface area contributed by atoms with Gasteiger partial charge in [-0.25, -0.2) is 0 Å². The Kier molecular flexibility index (Phi) is 13.6. The van der Waals surface area contributed by atoms with Crippen molar-refractivity contribution in [3.63, 3.8) is 0 Å². The maximum atomic E-state index is 11.0. The molecule has 1 aromatic heterocycles. The van der Waals surface area contributed by atoms with Crippen molar-refractivity contribution in [2.75, 3.05) is 0 Å². The molecule has 3 aromatic rings. The summed E-state index contributed by atoms with van der Waals surface area (Å²) in [6.45, 7) is 28.9. The predicted molar refractivity (Wildman–Crippen MR) is 197 cm³/mol. The van der Waals surface area contributed by atoms with Crippen molar-refractivity contribution in [1.29, 1.82) is 0 Å². The number of thiol groups is 1. The summed E-state index contributed by atoms with van der Waals surface area (Å²) < 4.78 is 12.2. The van der Waals surface area contributed by atoms with E-state index in [4.69, 9.17) is 9.47 Å². The van der Waals surface area contributed by atoms with Crippen LogP contribution < -0.4 is 9.47 Å². The Morgan fingerprint density at radius 2 is 0.787 bits per heavy atom. The zero-order valence-electron chi connectivity index (χ0n) is 31.6. The third kappa shape index (κ3) is 11.9. The van der Waals surface area contributed by atoms with E-state index in [1.54, 1.807) is 24.3 Å². The quantitative estimate of drug-likeness (QED) is 0.154. The van der Waals surface area contributed by atoms with Crippen LogP contribution in [0.1, 0.15) is 158 Å². The Hall–Kier alpha value is -3.00. The van der Waals surface area contributed by atoms with Crippen LogP contribution in [0.5, 0.6) is 35.0 Å². The topological polar surface area (TPSA) is 97.6 Å². The SMILES string of the molecule is CC(C)(C)c1cc(Oc2nc(S)nc(Oc3cc(C(C)(C)C)c(O)c(C(C)(C)C)c3)n2)cc(C(C)(C)C)c1O.CCCCCCCC. The van der Waals surface area contributed by atoms with Crippen LogP contribution in [0.15, 0.2) is 29.4 Å². The highest BCUT2D eigenvalue weighted by atomic mass is 32.1. The molecule has 2 aromatic carbocycles. The van der Waals surface area contributed by atoms with Gasteiger partial charge in [0.1, 0.15) is 23.0 Å². The third-order valence-electron chi connectivity index (χ3n) is 7.86. The molecule has 0 unspecified atom stereocenters. The highest BCUT2D eigenvalue weighted by molar-refractivity contribution is 7.80. The minimum Gasteiger partial charge on any atom is -0.507 e. The molecule has 2 N–H and O–H groups in total. The monoisotopic (exact) mass is 667 g/mol. The molecule has 262 valence electrons. The Balaban J connectivity index is 0.000000849. The van der Waals surface area contributed by atoms with E-state index in [2.05, 4.69) is 41.4 Å². The van der Waals surface area contributed by atoms with Gasteiger partial charge in [0.2, 0.25) is 0 Å². The van der Waals surface area contributed by atoms with Gasteiger partial charge >= 0.3 is 12.0 Å². The summed E-state index contributed by atoms with van der Waals surface area (Å²) in [5.74, 6) is 1.49. The van der Waals surface area contributed by atoms with Crippen molar-refractivity contribution >= 4 is 12.6 Å². The van der Waals surface area contributed by atoms with Gasteiger partial charge in [-0.15, -0.1) is 17.6 Å². The Morgan fingerprint density at radius 3 is 1.02 bits per heavy atom. The first-order valence-electron chi connectivity index (χ1n) is 17.1. The van der Waals surface area contributed by atoms with Crippen LogP contribution >= 0.6 is 12.6 Å². The Labute approximate surface area is 290 Å². The molecular weight excluding hydrogens is 607 g/mol. The number of ether oxygens (including phenoxy) is 2. The average Bonchev–Trinajstić information content (AvgIpc) is 2.90. The minimum atomic E-state index is -0.320. The third-order valence-corrected chi connectivity index (χ3v) is 8.06. The van der Waals surface area contributed by atoms with Gasteiger partial charge in [-0.1, -0.05) is 135 Å². The van der Waals surface area contributed by atoms with Crippen LogP contribution in [0, 0.1) is 0 Å². The van der Waals surface area contributed by atoms with E-state index >= 15 is 0 Å². The number of nitrogens with zero attached hydrogens (tertiary/aromatic N) is 3. The highest BCUT2D eigenvalue weighted by Gasteiger charge is 2.29. The molecule has 0 fully saturated rings. The minimum absolute atomic E-state index is 0.0151. The molecule has 0 saturated heterocycles. The summed E-state index contributed by atoms with van der Waals surface area (Å²) >= 11 is 4.35. The number of phenols is 2. The predicted octanol–water partition coefficient (Wildman–Crippen LogP) is 11.7. The summed E-state index contributed by atoms with van der Waals surface area (Å²) in [4.78, 5) is 12.9. The largest absolute Gasteiger partial charge is 0.507 e. The number of rotatable bonds is 9. The van der Waals surface area contributed by atoms with Gasteiger partial charge in [-0.3, -0.25) is 0 Å². The summed E-state index contributed by atoms with van der Waals surface area (Å²) in [5.41, 5.74) is 1.76. The van der Waals surface area contributed by atoms with E-state index < -0.39 is 0 Å². The molecule has 7 nitrogen and oxygen atoms in total. The Morgan fingerprint density at radius 1 is 0.511 bits per heavy atom. The molecule has 0 atom stereocenters. The summed E-state index contributed by atoms with van der Waals surface area (Å²) in [5, 5.41) is 22.2. The molecular formula is C39H61N3O4S. The fourth-order valence-electron chi connectivity index (χ4n) is 5.10. The zero-order valence-corrected chi connectivity index (χ0v) is 32.4. The smallest absolute Gasteiger partial charge is 0.329 e. The van der Waals surface area contributed by atoms with E-state index in [0.29, 0.717) is 11.5 Å². The van der Waals surface area contributed by atoms with Crippen LogP contribution in [0.25, 0.3) is 0 Å². The maximum Gasteiger partial charge on any atom is 0.329 e. The highest BCUT2D eigenvalue weighted by Crippen LogP contribution is 2.44. The molecule has 0 radical (unpaired) electrons. The van der Waals surface area contributed by atoms with Gasteiger partial charge in [0.15, 0.2) is 5.16 Å². The molecule has 8 heteroatoms. The van der Waals surface area contributed by atoms with E-state index in [0.717, 1.165) is 22.3 Å². The second-order valence-electron chi connectivity index (χ2n) is 16.6. The van der Waals surface area contributed by atoms with E-state index in [1.807, 2.05) is 83.1 Å². The van der Waals surface area contributed by atoms with Crippen molar-refractivity contribution in [2.45, 2.75) is 162 Å². The molecule has 0 spiro atoms. The van der Waals surface area contributed by atoms with Crippen LogP contribution in [-0.4, -0.2) is 25.2 Å². The summed E-state index contributed by atoms with van der Waals surface area (Å²) in [6, 6.07) is 7.25. The van der Waals surface area contributed by atoms with Crippen molar-refractivity contribution in [3.8, 4) is 35.0 Å². The number of hydrogen-bond donors (Lipinski definition) is 3. The molecule has 3 rings (SSSR count). The number of aromatic hydroxyl groups is 2. The van der Waals surface area contributed by atoms with E-state index in [-0.39, 0.29) is 50.3 Å². The van der Waals surface area contributed by atoms with Gasteiger partial charge in [0.25, 0.3) is 0 Å². The second-order valence-corrected chi connectivity index (χ2v) is 17.0. The lowest BCUT2D eigenvalue weighted by molar-refractivity contribution is 0.377. The zero-order chi connectivity index (χ0) is 36.0. The van der Waals surface area contributed by atoms with E-state index in [1.165, 1.54) is 38.5 Å². The lowest BCUT2D eigenvalue weighted by Crippen LogP contribution is -2.17. The fourth-order valence-corrected chi connectivity index (χ4v) is 5.28. The normalized spacial score (nSPS) is 12.4. The average molecular weight is 668 g/mol. The molecule has 0 amide bonds. The van der Waals surface area contributed by atoms with Gasteiger partial charge in [0.05, 0.1) is 0 Å². The van der Waals surface area contributed by atoms with Gasteiger partial charge in [-0.2, -0.15) is 9.97 Å². The first kappa shape index (κ1) is 40.2. The number of aromatic nitrogens is 3. The van der Waals surface area contributed by atoms with Gasteiger partial charge < -0.3 is 19.7 Å². The summed E-state index contributed by atoms with van der Waals surface area (Å²) in [7, 11) is 0. The van der Waals surface area contributed by atoms with Gasteiger partial charge in [-0.05, 0) is 45.9 Å². The standard InChI is InChI=1S/C31H43N3O4S.C8H18/c1-28(2,3)19-13-17(14-20(23(19)35)29(4,5)6)37-25-32-26(34-27(39)33-25)38-18-15-21(30(7,8)9)24(36)22(16-18)31(10,11)12;1-3-5-7-8-6-4-2/h13-16,35-36H,1-12H3,(H,32,33,34,39);3-8H2,1-2H3. The van der Waals surface area contributed by atoms with Crippen LogP contribution in [0.4, 0.5) is 0 Å². The number of phenolic OH excluding ortho intramolecular Hbond substituents is 2. The maximum absolute atomic E-state index is 11.0. The molecule has 0 bridgehead atoms. The number of benzene rings is 2. The molecule has 47 heavy (non-hydrogen) atoms. The van der Waals surface area contributed by atoms with Crippen LogP contribution in [0.3, 0.4) is 0 Å². The first-order chi connectivity index (χ1) is 21.5. The first-order valence-corrected chi connectivity index (χ1v) is 17.5. The summed E-state index contributed by atoms with van der Waals surface area (Å²) in [6.07, 6.45) is 8.49. The van der Waals surface area contributed by atoms with Crippen molar-refractivity contribution in [3.05, 3.63) is 46.5 Å². The fraction of sp³-hybridized carbons (Fsp3) is 0.615. The van der Waals surface area contributed by atoms with Crippen LogP contribution in [-0.2, 0) is 21.7 Å². The molecule has 0 aliphatic rings. The number of unbranched alkanes of at least 4 members (excludes halogenated alkanes) is 5. The van der Waals surface area contributed by atoms with Crippen molar-refractivity contribution in [1.82, 2.24) is 15.0 Å². The molecule has 0 aliphatic heterocycles. The molecule has 0 aliphatic carbocycles. The van der Waals surface area contributed by atoms with Crippen LogP contribution in [0.2, 0.25) is 0 Å². The van der Waals surface area contributed by atoms with E-state index in [9.17, 15) is 10.2 Å². The lowest BCUT2D eigenvalue weighted by atomic mass is 9.79. The Bertz CT molecular complexity index is 1300. The number of hydrogen-bond acceptors (Lipinski definition) is 8. The van der Waals surface area contributed by atoms with Crippen molar-refractivity contribution in [2.24, 2.45) is 0 Å². The van der Waals surface area contributed by atoms with Gasteiger partial charge in [0, 0.05) is 22.3 Å². The molecule has 0 saturated carbocycles. The molecule has 1 heterocycles. The second kappa shape index (κ2) is 15.9. The lowest BCUT2D eigenvalue weighted by Gasteiger charge is -2.28. The van der Waals surface area contributed by atoms with Crippen molar-refractivity contribution < 1.29 is 19.7 Å².